The minimum absolute atomic E-state index is 0.685. The monoisotopic (exact) mass is 326 g/mol. The van der Waals surface area contributed by atoms with E-state index in [1.165, 1.54) is 11.0 Å². The smallest absolute Gasteiger partial charge is 0.139 e. The minimum Gasteiger partial charge on any atom is -0.365 e. The zero-order valence-corrected chi connectivity index (χ0v) is 14.7. The molecular formula is C22H23BN2. The van der Waals surface area contributed by atoms with Crippen LogP contribution < -0.4 is 10.8 Å². The van der Waals surface area contributed by atoms with Crippen molar-refractivity contribution in [1.29, 1.82) is 0 Å². The fourth-order valence-corrected chi connectivity index (χ4v) is 2.19. The van der Waals surface area contributed by atoms with Crippen LogP contribution in [0.2, 0.25) is 0 Å². The molecule has 0 aliphatic heterocycles. The summed E-state index contributed by atoms with van der Waals surface area (Å²) < 4.78 is 0. The molecule has 124 valence electrons. The van der Waals surface area contributed by atoms with Crippen LogP contribution in [-0.4, -0.2) is 13.7 Å². The van der Waals surface area contributed by atoms with Crippen LogP contribution in [0.1, 0.15) is 11.1 Å². The number of rotatable bonds is 7. The highest BCUT2D eigenvalue weighted by Gasteiger charge is 2.04. The second-order valence-electron chi connectivity index (χ2n) is 5.64. The maximum Gasteiger partial charge on any atom is 0.139 e. The van der Waals surface area contributed by atoms with Gasteiger partial charge in [0.05, 0.1) is 5.70 Å². The van der Waals surface area contributed by atoms with Crippen molar-refractivity contribution < 1.29 is 0 Å². The van der Waals surface area contributed by atoms with E-state index < -0.39 is 0 Å². The zero-order chi connectivity index (χ0) is 17.9. The van der Waals surface area contributed by atoms with Gasteiger partial charge in [-0.15, -0.1) is 0 Å². The molecule has 0 aliphatic rings. The van der Waals surface area contributed by atoms with Gasteiger partial charge in [-0.1, -0.05) is 97.5 Å². The predicted molar refractivity (Wildman–Crippen MR) is 112 cm³/mol. The number of hydrogen-bond donors (Lipinski definition) is 1. The van der Waals surface area contributed by atoms with Crippen molar-refractivity contribution in [3.8, 4) is 0 Å². The summed E-state index contributed by atoms with van der Waals surface area (Å²) in [5, 5.41) is 3.43. The number of nitrogens with zero attached hydrogens (tertiary/aromatic N) is 1. The second-order valence-corrected chi connectivity index (χ2v) is 5.64. The third kappa shape index (κ3) is 6.52. The van der Waals surface area contributed by atoms with E-state index >= 15 is 0 Å². The Labute approximate surface area is 151 Å². The Hall–Kier alpha value is -3.07. The Morgan fingerprint density at radius 1 is 1.00 bits per heavy atom. The van der Waals surface area contributed by atoms with E-state index in [0.29, 0.717) is 12.2 Å². The first-order valence-electron chi connectivity index (χ1n) is 8.27. The number of amidine groups is 1. The van der Waals surface area contributed by atoms with E-state index in [9.17, 15) is 0 Å². The van der Waals surface area contributed by atoms with Gasteiger partial charge in [-0.25, -0.2) is 4.99 Å². The van der Waals surface area contributed by atoms with Crippen LogP contribution >= 0.6 is 0 Å². The van der Waals surface area contributed by atoms with E-state index in [4.69, 9.17) is 0 Å². The standard InChI is InChI=1S/C22H23BN2/c1-3-4-5-7-10-18(2)25-22(20-13-15-21(23)16-14-20)24-17-19-11-8-6-9-12-19/h3-16H,1-2,17,23H2,(H,24,25)/b5-4-,10-7+. The summed E-state index contributed by atoms with van der Waals surface area (Å²) in [5.74, 6) is 0.811. The van der Waals surface area contributed by atoms with Gasteiger partial charge in [0, 0.05) is 12.1 Å². The molecule has 25 heavy (non-hydrogen) atoms. The van der Waals surface area contributed by atoms with Crippen molar-refractivity contribution >= 4 is 19.1 Å². The molecule has 0 fully saturated rings. The van der Waals surface area contributed by atoms with Crippen LogP contribution in [0.4, 0.5) is 0 Å². The van der Waals surface area contributed by atoms with E-state index in [1.54, 1.807) is 6.08 Å². The predicted octanol–water partition coefficient (Wildman–Crippen LogP) is 3.29. The molecule has 1 N–H and O–H groups in total. The first kappa shape index (κ1) is 18.3. The van der Waals surface area contributed by atoms with E-state index in [1.807, 2.05) is 42.5 Å². The molecule has 2 rings (SSSR count). The number of aliphatic imine (C=N–C) groups is 1. The maximum atomic E-state index is 4.65. The van der Waals surface area contributed by atoms with Gasteiger partial charge in [-0.3, -0.25) is 0 Å². The molecule has 3 heteroatoms. The van der Waals surface area contributed by atoms with Gasteiger partial charge in [0.2, 0.25) is 0 Å². The molecule has 0 heterocycles. The molecule has 0 amide bonds. The van der Waals surface area contributed by atoms with E-state index in [2.05, 4.69) is 67.7 Å². The lowest BCUT2D eigenvalue weighted by atomic mass is 9.95. The highest BCUT2D eigenvalue weighted by Crippen LogP contribution is 2.05. The number of nitrogens with one attached hydrogen (secondary N) is 1. The number of allylic oxidation sites excluding steroid dienone is 5. The third-order valence-corrected chi connectivity index (χ3v) is 3.53. The largest absolute Gasteiger partial charge is 0.365 e. The average molecular weight is 326 g/mol. The van der Waals surface area contributed by atoms with Gasteiger partial charge in [0.15, 0.2) is 0 Å². The molecule has 0 spiro atoms. The van der Waals surface area contributed by atoms with Crippen molar-refractivity contribution in [2.75, 3.05) is 0 Å². The van der Waals surface area contributed by atoms with Crippen molar-refractivity contribution in [2.45, 2.75) is 6.54 Å². The van der Waals surface area contributed by atoms with Crippen molar-refractivity contribution in [3.05, 3.63) is 115 Å². The van der Waals surface area contributed by atoms with E-state index in [0.717, 1.165) is 11.4 Å². The minimum atomic E-state index is 0.685. The van der Waals surface area contributed by atoms with Crippen LogP contribution in [0.5, 0.6) is 0 Å². The lowest BCUT2D eigenvalue weighted by Crippen LogP contribution is -2.24. The summed E-state index contributed by atoms with van der Waals surface area (Å²) in [7, 11) is 2.08. The topological polar surface area (TPSA) is 24.4 Å². The van der Waals surface area contributed by atoms with Gasteiger partial charge in [-0.2, -0.15) is 0 Å². The van der Waals surface area contributed by atoms with Crippen molar-refractivity contribution in [3.63, 3.8) is 0 Å². The fraction of sp³-hybridized carbons (Fsp3) is 0.0455. The first-order valence-corrected chi connectivity index (χ1v) is 8.27. The molecular weight excluding hydrogens is 303 g/mol. The van der Waals surface area contributed by atoms with Crippen LogP contribution in [0, 0.1) is 0 Å². The second kappa shape index (κ2) is 9.94. The normalized spacial score (nSPS) is 11.8. The Morgan fingerprint density at radius 3 is 2.40 bits per heavy atom. The molecule has 0 aromatic heterocycles. The molecule has 0 unspecified atom stereocenters. The summed E-state index contributed by atoms with van der Waals surface area (Å²) in [4.78, 5) is 4.65. The van der Waals surface area contributed by atoms with Crippen molar-refractivity contribution in [2.24, 2.45) is 4.99 Å². The Bertz CT molecular complexity index is 785. The molecule has 2 aromatic carbocycles. The lowest BCUT2D eigenvalue weighted by molar-refractivity contribution is 0.912. The highest BCUT2D eigenvalue weighted by molar-refractivity contribution is 6.32. The highest BCUT2D eigenvalue weighted by atomic mass is 15.0. The molecule has 0 bridgehead atoms. The Balaban J connectivity index is 2.18. The maximum absolute atomic E-state index is 4.65. The SMILES string of the molecule is Bc1ccc(/C(=N/C(=C)/C=C/C=C\C=C)NCc2ccccc2)cc1. The molecule has 2 nitrogen and oxygen atoms in total. The Morgan fingerprint density at radius 2 is 1.72 bits per heavy atom. The van der Waals surface area contributed by atoms with Crippen LogP contribution in [-0.2, 0) is 6.54 Å². The lowest BCUT2D eigenvalue weighted by Gasteiger charge is -2.11. The van der Waals surface area contributed by atoms with Crippen LogP contribution in [0.3, 0.4) is 0 Å². The van der Waals surface area contributed by atoms with Gasteiger partial charge < -0.3 is 5.32 Å². The molecule has 2 aromatic rings. The van der Waals surface area contributed by atoms with Crippen molar-refractivity contribution in [1.82, 2.24) is 5.32 Å². The third-order valence-electron chi connectivity index (χ3n) is 3.53. The summed E-state index contributed by atoms with van der Waals surface area (Å²) in [6.45, 7) is 8.37. The zero-order valence-electron chi connectivity index (χ0n) is 14.7. The van der Waals surface area contributed by atoms with Gasteiger partial charge in [0.1, 0.15) is 13.7 Å². The van der Waals surface area contributed by atoms with E-state index in [-0.39, 0.29) is 0 Å². The summed E-state index contributed by atoms with van der Waals surface area (Å²) in [6, 6.07) is 18.6. The average Bonchev–Trinajstić information content (AvgIpc) is 2.64. The molecule has 0 saturated carbocycles. The molecule has 0 radical (unpaired) electrons. The fourth-order valence-electron chi connectivity index (χ4n) is 2.19. The van der Waals surface area contributed by atoms with Crippen LogP contribution in [0.15, 0.2) is 109 Å². The quantitative estimate of drug-likeness (QED) is 0.359. The molecule has 0 saturated heterocycles. The van der Waals surface area contributed by atoms with Crippen LogP contribution in [0.25, 0.3) is 0 Å². The molecule has 0 aliphatic carbocycles. The summed E-state index contributed by atoms with van der Waals surface area (Å²) in [6.07, 6.45) is 9.27. The van der Waals surface area contributed by atoms with Gasteiger partial charge in [0.25, 0.3) is 0 Å². The first-order chi connectivity index (χ1) is 12.2. The van der Waals surface area contributed by atoms with Gasteiger partial charge in [-0.05, 0) is 11.6 Å². The van der Waals surface area contributed by atoms with Gasteiger partial charge >= 0.3 is 0 Å². The summed E-state index contributed by atoms with van der Waals surface area (Å²) >= 11 is 0. The Kier molecular flexibility index (Phi) is 7.26. The number of benzene rings is 2. The summed E-state index contributed by atoms with van der Waals surface area (Å²) in [5.41, 5.74) is 4.15. The molecule has 0 atom stereocenters. The number of hydrogen-bond acceptors (Lipinski definition) is 1.